The molecule has 1 aliphatic heterocycles. The van der Waals surface area contributed by atoms with Crippen molar-refractivity contribution in [1.29, 1.82) is 5.26 Å². The molecule has 0 aliphatic carbocycles. The highest BCUT2D eigenvalue weighted by Crippen LogP contribution is 2.39. The molecule has 4 aromatic rings. The van der Waals surface area contributed by atoms with Crippen molar-refractivity contribution in [3.05, 3.63) is 57.8 Å². The average molecular weight is 627 g/mol. The van der Waals surface area contributed by atoms with Gasteiger partial charge >= 0.3 is 12.3 Å². The number of hydrogen-bond acceptors (Lipinski definition) is 7. The Kier molecular flexibility index (Phi) is 8.18. The van der Waals surface area contributed by atoms with E-state index in [9.17, 15) is 28.0 Å². The molecule has 2 atom stereocenters. The Hall–Kier alpha value is -4.05. The third kappa shape index (κ3) is 5.63. The molecule has 0 saturated carbocycles. The van der Waals surface area contributed by atoms with Gasteiger partial charge in [-0.15, -0.1) is 11.8 Å². The normalized spacial score (nSPS) is 17.7. The number of benzene rings is 1. The van der Waals surface area contributed by atoms with Crippen LogP contribution in [-0.4, -0.2) is 54.5 Å². The molecule has 5 rings (SSSR count). The van der Waals surface area contributed by atoms with E-state index in [1.807, 2.05) is 0 Å². The molecule has 9 nitrogen and oxygen atoms in total. The van der Waals surface area contributed by atoms with Crippen molar-refractivity contribution in [2.45, 2.75) is 82.8 Å². The lowest BCUT2D eigenvalue weighted by Crippen LogP contribution is -2.48. The van der Waals surface area contributed by atoms with E-state index in [0.717, 1.165) is 11.6 Å². The summed E-state index contributed by atoms with van der Waals surface area (Å²) in [6.45, 7) is 9.03. The van der Waals surface area contributed by atoms with Gasteiger partial charge in [0.25, 0.3) is 5.56 Å². The first-order valence-corrected chi connectivity index (χ1v) is 15.4. The highest BCUT2D eigenvalue weighted by atomic mass is 32.2. The molecule has 1 aromatic carbocycles. The van der Waals surface area contributed by atoms with Crippen molar-refractivity contribution < 1.29 is 22.7 Å². The van der Waals surface area contributed by atoms with Gasteiger partial charge in [-0.05, 0) is 77.0 Å². The molecule has 4 heterocycles. The SMILES string of the molecule is CSc1nc2c(=O)n(-c3cccc(C)c3C)c(C(F)(F)F)cc2c2c1ncn2[C@H]1CCN(C(=O)OC(C)(C)C)[C@H](CC#N)C1. The van der Waals surface area contributed by atoms with Gasteiger partial charge in [0.2, 0.25) is 0 Å². The lowest BCUT2D eigenvalue weighted by Gasteiger charge is -2.39. The number of alkyl halides is 3. The zero-order valence-electron chi connectivity index (χ0n) is 25.3. The number of fused-ring (bicyclic) bond motifs is 3. The third-order valence-electron chi connectivity index (χ3n) is 7.98. The maximum absolute atomic E-state index is 14.7. The maximum atomic E-state index is 14.7. The zero-order valence-corrected chi connectivity index (χ0v) is 26.1. The number of amides is 1. The quantitative estimate of drug-likeness (QED) is 0.226. The molecule has 232 valence electrons. The van der Waals surface area contributed by atoms with E-state index in [0.29, 0.717) is 39.0 Å². The Labute approximate surface area is 256 Å². The fourth-order valence-corrected chi connectivity index (χ4v) is 6.34. The molecule has 1 aliphatic rings. The van der Waals surface area contributed by atoms with E-state index in [4.69, 9.17) is 4.74 Å². The standard InChI is InChI=1S/C31H33F3N6O3S/c1-17-8-7-9-22(18(17)2)40-23(31(32,33)34)15-21-24(28(40)41)37-27(44-6)25-26(21)39(16-36-25)20-11-13-38(19(14-20)10-12-35)29(42)43-30(3,4)5/h7-9,15-16,19-20H,10-11,13-14H2,1-6H3/t19-,20+/m1/s1. The Balaban J connectivity index is 1.72. The molecular formula is C31H33F3N6O3S. The van der Waals surface area contributed by atoms with Crippen LogP contribution in [0, 0.1) is 25.2 Å². The first-order chi connectivity index (χ1) is 20.7. The number of ether oxygens (including phenoxy) is 1. The third-order valence-corrected chi connectivity index (χ3v) is 8.66. The summed E-state index contributed by atoms with van der Waals surface area (Å²) in [4.78, 5) is 37.6. The number of piperidine rings is 1. The second kappa shape index (κ2) is 11.5. The van der Waals surface area contributed by atoms with Crippen LogP contribution >= 0.6 is 11.8 Å². The minimum Gasteiger partial charge on any atom is -0.444 e. The molecular weight excluding hydrogens is 593 g/mol. The lowest BCUT2D eigenvalue weighted by molar-refractivity contribution is -0.142. The van der Waals surface area contributed by atoms with Gasteiger partial charge in [-0.25, -0.2) is 14.8 Å². The maximum Gasteiger partial charge on any atom is 0.431 e. The van der Waals surface area contributed by atoms with E-state index in [1.165, 1.54) is 17.8 Å². The highest BCUT2D eigenvalue weighted by molar-refractivity contribution is 7.98. The minimum atomic E-state index is -4.85. The van der Waals surface area contributed by atoms with Gasteiger partial charge in [0.05, 0.1) is 30.0 Å². The van der Waals surface area contributed by atoms with Gasteiger partial charge in [-0.3, -0.25) is 9.36 Å². The van der Waals surface area contributed by atoms with E-state index in [2.05, 4.69) is 16.0 Å². The first kappa shape index (κ1) is 31.4. The summed E-state index contributed by atoms with van der Waals surface area (Å²) in [5.74, 6) is 0. The van der Waals surface area contributed by atoms with Crippen molar-refractivity contribution in [2.75, 3.05) is 12.8 Å². The van der Waals surface area contributed by atoms with Crippen LogP contribution < -0.4 is 5.56 Å². The van der Waals surface area contributed by atoms with Crippen molar-refractivity contribution in [3.63, 3.8) is 0 Å². The molecule has 13 heteroatoms. The fourth-order valence-electron chi connectivity index (χ4n) is 5.81. The molecule has 0 spiro atoms. The largest absolute Gasteiger partial charge is 0.444 e. The number of nitrogens with zero attached hydrogens (tertiary/aromatic N) is 6. The number of pyridine rings is 2. The summed E-state index contributed by atoms with van der Waals surface area (Å²) >= 11 is 1.25. The first-order valence-electron chi connectivity index (χ1n) is 14.2. The second-order valence-corrected chi connectivity index (χ2v) is 12.8. The van der Waals surface area contributed by atoms with Crippen molar-refractivity contribution in [3.8, 4) is 11.8 Å². The molecule has 0 unspecified atom stereocenters. The number of hydrogen-bond donors (Lipinski definition) is 0. The van der Waals surface area contributed by atoms with Gasteiger partial charge in [0.1, 0.15) is 27.4 Å². The molecule has 44 heavy (non-hydrogen) atoms. The van der Waals surface area contributed by atoms with Crippen LogP contribution in [-0.2, 0) is 10.9 Å². The van der Waals surface area contributed by atoms with Gasteiger partial charge in [0.15, 0.2) is 0 Å². The lowest BCUT2D eigenvalue weighted by atomic mass is 9.95. The number of carbonyl (C=O) groups is 1. The smallest absolute Gasteiger partial charge is 0.431 e. The Morgan fingerprint density at radius 1 is 1.20 bits per heavy atom. The molecule has 0 radical (unpaired) electrons. The van der Waals surface area contributed by atoms with Crippen molar-refractivity contribution in [2.24, 2.45) is 0 Å². The number of aryl methyl sites for hydroxylation is 1. The number of thioether (sulfide) groups is 1. The molecule has 1 amide bonds. The number of carbonyl (C=O) groups excluding carboxylic acids is 1. The van der Waals surface area contributed by atoms with E-state index < -0.39 is 35.2 Å². The number of rotatable bonds is 4. The van der Waals surface area contributed by atoms with E-state index in [-0.39, 0.29) is 35.6 Å². The molecule has 3 aromatic heterocycles. The van der Waals surface area contributed by atoms with E-state index >= 15 is 0 Å². The van der Waals surface area contributed by atoms with E-state index in [1.54, 1.807) is 68.8 Å². The van der Waals surface area contributed by atoms with Crippen molar-refractivity contribution in [1.82, 2.24) is 24.0 Å². The molecule has 1 saturated heterocycles. The van der Waals surface area contributed by atoms with Crippen LogP contribution in [0.5, 0.6) is 0 Å². The fraction of sp³-hybridized carbons (Fsp3) is 0.452. The number of aromatic nitrogens is 4. The zero-order chi connectivity index (χ0) is 32.1. The van der Waals surface area contributed by atoms with Crippen LogP contribution in [0.2, 0.25) is 0 Å². The predicted molar refractivity (Wildman–Crippen MR) is 162 cm³/mol. The highest BCUT2D eigenvalue weighted by Gasteiger charge is 2.38. The number of imidazole rings is 1. The van der Waals surface area contributed by atoms with Gasteiger partial charge in [0, 0.05) is 24.0 Å². The topological polar surface area (TPSA) is 106 Å². The average Bonchev–Trinajstić information content (AvgIpc) is 3.39. The van der Waals surface area contributed by atoms with Crippen LogP contribution in [0.1, 0.15) is 62.9 Å². The van der Waals surface area contributed by atoms with Crippen LogP contribution in [0.3, 0.4) is 0 Å². The Morgan fingerprint density at radius 3 is 2.57 bits per heavy atom. The summed E-state index contributed by atoms with van der Waals surface area (Å²) in [6.07, 6.45) is -1.21. The summed E-state index contributed by atoms with van der Waals surface area (Å²) in [6, 6.07) is 7.23. The monoisotopic (exact) mass is 626 g/mol. The number of halogens is 3. The molecule has 1 fully saturated rings. The molecule has 0 bridgehead atoms. The second-order valence-electron chi connectivity index (χ2n) is 12.0. The van der Waals surface area contributed by atoms with Crippen LogP contribution in [0.4, 0.5) is 18.0 Å². The Bertz CT molecular complexity index is 1870. The summed E-state index contributed by atoms with van der Waals surface area (Å²) in [5.41, 5.74) is -0.624. The van der Waals surface area contributed by atoms with Crippen molar-refractivity contribution >= 4 is 39.8 Å². The van der Waals surface area contributed by atoms with Crippen LogP contribution in [0.15, 0.2) is 40.4 Å². The number of nitriles is 1. The minimum absolute atomic E-state index is 0.0422. The predicted octanol–water partition coefficient (Wildman–Crippen LogP) is 6.95. The summed E-state index contributed by atoms with van der Waals surface area (Å²) < 4.78 is 52.1. The number of likely N-dealkylation sites (tertiary alicyclic amines) is 1. The Morgan fingerprint density at radius 2 is 1.93 bits per heavy atom. The van der Waals surface area contributed by atoms with Gasteiger partial charge in [-0.1, -0.05) is 12.1 Å². The summed E-state index contributed by atoms with van der Waals surface area (Å²) in [5, 5.41) is 9.99. The summed E-state index contributed by atoms with van der Waals surface area (Å²) in [7, 11) is 0. The molecule has 0 N–H and O–H groups in total. The van der Waals surface area contributed by atoms with Gasteiger partial charge < -0.3 is 14.2 Å². The van der Waals surface area contributed by atoms with Gasteiger partial charge in [-0.2, -0.15) is 18.4 Å². The van der Waals surface area contributed by atoms with Crippen LogP contribution in [0.25, 0.3) is 27.6 Å².